The zero-order valence-electron chi connectivity index (χ0n) is 10.6. The van der Waals surface area contributed by atoms with Crippen LogP contribution in [-0.2, 0) is 6.54 Å². The van der Waals surface area contributed by atoms with Crippen molar-refractivity contribution < 1.29 is 4.74 Å². The van der Waals surface area contributed by atoms with Crippen molar-refractivity contribution in [1.29, 1.82) is 0 Å². The first kappa shape index (κ1) is 12.7. The van der Waals surface area contributed by atoms with Gasteiger partial charge in [0.2, 0.25) is 5.88 Å². The molecule has 0 spiro atoms. The molecule has 1 saturated carbocycles. The van der Waals surface area contributed by atoms with Gasteiger partial charge in [-0.3, -0.25) is 0 Å². The first-order valence-electron chi connectivity index (χ1n) is 6.01. The second kappa shape index (κ2) is 4.83. The van der Waals surface area contributed by atoms with E-state index in [2.05, 4.69) is 10.3 Å². The Bertz CT molecular complexity index is 397. The lowest BCUT2D eigenvalue weighted by Crippen LogP contribution is -2.24. The number of rotatable bonds is 4. The van der Waals surface area contributed by atoms with Crippen LogP contribution in [0.25, 0.3) is 0 Å². The minimum absolute atomic E-state index is 0.234. The molecule has 0 aliphatic heterocycles. The third-order valence-electron chi connectivity index (χ3n) is 2.48. The van der Waals surface area contributed by atoms with Crippen LogP contribution in [0.3, 0.4) is 0 Å². The summed E-state index contributed by atoms with van der Waals surface area (Å²) < 4.78 is 5.72. The molecule has 0 unspecified atom stereocenters. The molecule has 1 fully saturated rings. The Kier molecular flexibility index (Phi) is 3.59. The van der Waals surface area contributed by atoms with Gasteiger partial charge in [-0.25, -0.2) is 4.98 Å². The van der Waals surface area contributed by atoms with Gasteiger partial charge in [0, 0.05) is 24.8 Å². The van der Waals surface area contributed by atoms with Crippen molar-refractivity contribution in [3.8, 4) is 5.88 Å². The van der Waals surface area contributed by atoms with Crippen LogP contribution < -0.4 is 10.1 Å². The van der Waals surface area contributed by atoms with Crippen molar-refractivity contribution >= 4 is 11.6 Å². The van der Waals surface area contributed by atoms with Crippen LogP contribution in [-0.4, -0.2) is 16.6 Å². The Morgan fingerprint density at radius 2 is 2.18 bits per heavy atom. The first-order valence-corrected chi connectivity index (χ1v) is 6.39. The maximum absolute atomic E-state index is 6.11. The van der Waals surface area contributed by atoms with Gasteiger partial charge in [-0.2, -0.15) is 0 Å². The Morgan fingerprint density at radius 3 is 2.76 bits per heavy atom. The highest BCUT2D eigenvalue weighted by Gasteiger charge is 2.21. The molecule has 4 heteroatoms. The third-order valence-corrected chi connectivity index (χ3v) is 2.82. The quantitative estimate of drug-likeness (QED) is 0.896. The lowest BCUT2D eigenvalue weighted by molar-refractivity contribution is 0.124. The van der Waals surface area contributed by atoms with Crippen LogP contribution in [0.1, 0.15) is 39.2 Å². The van der Waals surface area contributed by atoms with Gasteiger partial charge < -0.3 is 10.1 Å². The van der Waals surface area contributed by atoms with E-state index >= 15 is 0 Å². The lowest BCUT2D eigenvalue weighted by atomic mass is 10.2. The summed E-state index contributed by atoms with van der Waals surface area (Å²) in [6.45, 7) is 6.80. The fraction of sp³-hybridized carbons (Fsp3) is 0.615. The average Bonchev–Trinajstić information content (AvgIpc) is 3.00. The third kappa shape index (κ3) is 4.17. The Labute approximate surface area is 108 Å². The molecule has 1 heterocycles. The predicted octanol–water partition coefficient (Wildman–Crippen LogP) is 3.16. The molecule has 0 amide bonds. The zero-order valence-corrected chi connectivity index (χ0v) is 11.3. The maximum Gasteiger partial charge on any atom is 0.214 e. The van der Waals surface area contributed by atoms with E-state index in [1.54, 1.807) is 6.20 Å². The molecule has 0 radical (unpaired) electrons. The highest BCUT2D eigenvalue weighted by atomic mass is 35.5. The fourth-order valence-electron chi connectivity index (χ4n) is 1.51. The van der Waals surface area contributed by atoms with Crippen LogP contribution in [0.2, 0.25) is 5.02 Å². The van der Waals surface area contributed by atoms with Gasteiger partial charge in [0.15, 0.2) is 0 Å². The molecular formula is C13H19ClN2O. The first-order chi connectivity index (χ1) is 7.94. The molecule has 2 rings (SSSR count). The summed E-state index contributed by atoms with van der Waals surface area (Å²) in [6.07, 6.45) is 4.20. The van der Waals surface area contributed by atoms with Gasteiger partial charge in [-0.05, 0) is 39.2 Å². The highest BCUT2D eigenvalue weighted by molar-refractivity contribution is 6.31. The SMILES string of the molecule is CC(C)(C)Oc1cc(CNC2CC2)c(Cl)cn1. The Hall–Kier alpha value is -0.800. The number of nitrogens with zero attached hydrogens (tertiary/aromatic N) is 1. The Morgan fingerprint density at radius 1 is 1.47 bits per heavy atom. The van der Waals surface area contributed by atoms with E-state index in [1.165, 1.54) is 12.8 Å². The molecule has 0 aromatic carbocycles. The maximum atomic E-state index is 6.11. The predicted molar refractivity (Wildman–Crippen MR) is 69.5 cm³/mol. The fourth-order valence-corrected chi connectivity index (χ4v) is 1.68. The number of hydrogen-bond donors (Lipinski definition) is 1. The second-order valence-electron chi connectivity index (χ2n) is 5.48. The standard InChI is InChI=1S/C13H19ClN2O/c1-13(2,3)17-12-6-9(11(14)8-16-12)7-15-10-4-5-10/h6,8,10,15H,4-5,7H2,1-3H3. The minimum atomic E-state index is -0.234. The number of ether oxygens (including phenoxy) is 1. The van der Waals surface area contributed by atoms with E-state index in [0.717, 1.165) is 12.1 Å². The average molecular weight is 255 g/mol. The highest BCUT2D eigenvalue weighted by Crippen LogP contribution is 2.24. The van der Waals surface area contributed by atoms with Crippen molar-refractivity contribution in [2.24, 2.45) is 0 Å². The molecule has 1 aliphatic rings. The Balaban J connectivity index is 2.05. The normalized spacial score (nSPS) is 16.0. The molecule has 1 aliphatic carbocycles. The van der Waals surface area contributed by atoms with Gasteiger partial charge in [-0.1, -0.05) is 11.6 Å². The summed E-state index contributed by atoms with van der Waals surface area (Å²) in [4.78, 5) is 4.19. The van der Waals surface area contributed by atoms with Gasteiger partial charge >= 0.3 is 0 Å². The number of hydrogen-bond acceptors (Lipinski definition) is 3. The van der Waals surface area contributed by atoms with Crippen molar-refractivity contribution in [2.45, 2.75) is 51.8 Å². The van der Waals surface area contributed by atoms with E-state index in [1.807, 2.05) is 26.8 Å². The molecule has 1 aromatic heterocycles. The van der Waals surface area contributed by atoms with Gasteiger partial charge in [0.05, 0.1) is 5.02 Å². The van der Waals surface area contributed by atoms with E-state index in [0.29, 0.717) is 16.9 Å². The van der Waals surface area contributed by atoms with Crippen molar-refractivity contribution in [2.75, 3.05) is 0 Å². The topological polar surface area (TPSA) is 34.1 Å². The number of aromatic nitrogens is 1. The van der Waals surface area contributed by atoms with E-state index in [4.69, 9.17) is 16.3 Å². The second-order valence-corrected chi connectivity index (χ2v) is 5.89. The summed E-state index contributed by atoms with van der Waals surface area (Å²) >= 11 is 6.11. The van der Waals surface area contributed by atoms with Crippen molar-refractivity contribution in [3.63, 3.8) is 0 Å². The van der Waals surface area contributed by atoms with Crippen LogP contribution in [0, 0.1) is 0 Å². The molecule has 3 nitrogen and oxygen atoms in total. The zero-order chi connectivity index (χ0) is 12.5. The minimum Gasteiger partial charge on any atom is -0.472 e. The molecule has 0 atom stereocenters. The van der Waals surface area contributed by atoms with Gasteiger partial charge in [0.1, 0.15) is 5.60 Å². The molecule has 17 heavy (non-hydrogen) atoms. The number of halogens is 1. The number of nitrogens with one attached hydrogen (secondary N) is 1. The van der Waals surface area contributed by atoms with Gasteiger partial charge in [0.25, 0.3) is 0 Å². The van der Waals surface area contributed by atoms with E-state index in [9.17, 15) is 0 Å². The van der Waals surface area contributed by atoms with Crippen molar-refractivity contribution in [1.82, 2.24) is 10.3 Å². The summed E-state index contributed by atoms with van der Waals surface area (Å²) in [5.41, 5.74) is 0.815. The lowest BCUT2D eigenvalue weighted by Gasteiger charge is -2.20. The molecular weight excluding hydrogens is 236 g/mol. The molecule has 1 aromatic rings. The largest absolute Gasteiger partial charge is 0.472 e. The molecule has 0 saturated heterocycles. The molecule has 94 valence electrons. The summed E-state index contributed by atoms with van der Waals surface area (Å²) in [5, 5.41) is 4.13. The van der Waals surface area contributed by atoms with Crippen molar-refractivity contribution in [3.05, 3.63) is 22.8 Å². The summed E-state index contributed by atoms with van der Waals surface area (Å²) in [7, 11) is 0. The monoisotopic (exact) mass is 254 g/mol. The smallest absolute Gasteiger partial charge is 0.214 e. The summed E-state index contributed by atoms with van der Waals surface area (Å²) in [5.74, 6) is 0.634. The molecule has 0 bridgehead atoms. The summed E-state index contributed by atoms with van der Waals surface area (Å²) in [6, 6.07) is 2.59. The molecule has 1 N–H and O–H groups in total. The van der Waals surface area contributed by atoms with Crippen LogP contribution in [0.5, 0.6) is 5.88 Å². The van der Waals surface area contributed by atoms with Crippen LogP contribution in [0.15, 0.2) is 12.3 Å². The number of pyridine rings is 1. The van der Waals surface area contributed by atoms with Gasteiger partial charge in [-0.15, -0.1) is 0 Å². The van der Waals surface area contributed by atoms with E-state index in [-0.39, 0.29) is 5.60 Å². The van der Waals surface area contributed by atoms with Crippen LogP contribution in [0.4, 0.5) is 0 Å². The van der Waals surface area contributed by atoms with Crippen LogP contribution >= 0.6 is 11.6 Å². The van der Waals surface area contributed by atoms with E-state index < -0.39 is 0 Å².